The summed E-state index contributed by atoms with van der Waals surface area (Å²) in [6, 6.07) is 2.91. The molecule has 0 aromatic carbocycles. The van der Waals surface area contributed by atoms with Gasteiger partial charge in [0.25, 0.3) is 11.8 Å². The third kappa shape index (κ3) is 5.01. The molecule has 1 aliphatic rings. The fraction of sp³-hybridized carbons (Fsp3) is 0.429. The maximum Gasteiger partial charge on any atom is 0.389 e. The van der Waals surface area contributed by atoms with E-state index in [1.807, 2.05) is 0 Å². The number of alkyl halides is 3. The number of aliphatic hydroxyl groups excluding tert-OH is 1. The smallest absolute Gasteiger partial charge is 0.384 e. The lowest BCUT2D eigenvalue weighted by molar-refractivity contribution is -0.134. The second-order valence-corrected chi connectivity index (χ2v) is 7.61. The van der Waals surface area contributed by atoms with Crippen LogP contribution in [0.5, 0.6) is 0 Å². The molecule has 7 nitrogen and oxygen atoms in total. The maximum absolute atomic E-state index is 12.9. The Bertz CT molecular complexity index is 1010. The molecule has 0 spiro atoms. The van der Waals surface area contributed by atoms with Gasteiger partial charge in [0.1, 0.15) is 11.9 Å². The van der Waals surface area contributed by atoms with Crippen LogP contribution < -0.4 is 5.32 Å². The van der Waals surface area contributed by atoms with Crippen molar-refractivity contribution >= 4 is 17.6 Å². The zero-order valence-electron chi connectivity index (χ0n) is 17.3. The predicted octanol–water partition coefficient (Wildman–Crippen LogP) is 3.32. The molecule has 3 heterocycles. The number of aryl methyl sites for hydroxylation is 2. The standard InChI is InChI=1S/C21H23F3N4O3/c1-11-8-14(9-26-17(11)4-6-21(22,23)24)12(2)28-10-16-15(20(28)31)5-7-25-18(16)27-19(30)13(3)29/h5,7-9,12-13,29H,4,6,10H2,1-3H3,(H,25,27,30)/t12?,13-/m1/s1. The number of pyridine rings is 2. The molecule has 0 radical (unpaired) electrons. The van der Waals surface area contributed by atoms with Gasteiger partial charge in [-0.15, -0.1) is 0 Å². The van der Waals surface area contributed by atoms with Crippen molar-refractivity contribution in [2.45, 2.75) is 58.5 Å². The molecule has 31 heavy (non-hydrogen) atoms. The van der Waals surface area contributed by atoms with Gasteiger partial charge in [-0.05, 0) is 44.4 Å². The van der Waals surface area contributed by atoms with Crippen LogP contribution >= 0.6 is 0 Å². The molecule has 166 valence electrons. The minimum absolute atomic E-state index is 0.188. The number of rotatable bonds is 6. The highest BCUT2D eigenvalue weighted by Gasteiger charge is 2.34. The highest BCUT2D eigenvalue weighted by Crippen LogP contribution is 2.34. The van der Waals surface area contributed by atoms with Gasteiger partial charge in [-0.25, -0.2) is 4.98 Å². The van der Waals surface area contributed by atoms with E-state index < -0.39 is 30.7 Å². The van der Waals surface area contributed by atoms with Crippen molar-refractivity contribution < 1.29 is 27.9 Å². The third-order valence-corrected chi connectivity index (χ3v) is 5.30. The highest BCUT2D eigenvalue weighted by atomic mass is 19.4. The Morgan fingerprint density at radius 3 is 2.65 bits per heavy atom. The fourth-order valence-electron chi connectivity index (χ4n) is 3.45. The Labute approximate surface area is 177 Å². The molecular weight excluding hydrogens is 413 g/mol. The number of hydrogen-bond acceptors (Lipinski definition) is 5. The van der Waals surface area contributed by atoms with E-state index in [0.717, 1.165) is 0 Å². The largest absolute Gasteiger partial charge is 0.389 e. The van der Waals surface area contributed by atoms with E-state index in [1.165, 1.54) is 19.3 Å². The van der Waals surface area contributed by atoms with Crippen LogP contribution in [0.15, 0.2) is 24.5 Å². The summed E-state index contributed by atoms with van der Waals surface area (Å²) in [5.74, 6) is -0.673. The van der Waals surface area contributed by atoms with Gasteiger partial charge in [-0.1, -0.05) is 6.07 Å². The first-order valence-corrected chi connectivity index (χ1v) is 9.78. The van der Waals surface area contributed by atoms with Gasteiger partial charge >= 0.3 is 6.18 Å². The van der Waals surface area contributed by atoms with Gasteiger partial charge in [-0.2, -0.15) is 13.2 Å². The van der Waals surface area contributed by atoms with Gasteiger partial charge in [0.2, 0.25) is 0 Å². The van der Waals surface area contributed by atoms with Crippen molar-refractivity contribution in [1.29, 1.82) is 0 Å². The van der Waals surface area contributed by atoms with Crippen molar-refractivity contribution in [3.63, 3.8) is 0 Å². The van der Waals surface area contributed by atoms with Crippen molar-refractivity contribution in [1.82, 2.24) is 14.9 Å². The second kappa shape index (κ2) is 8.62. The average molecular weight is 436 g/mol. The molecule has 2 amide bonds. The Morgan fingerprint density at radius 2 is 2.03 bits per heavy atom. The van der Waals surface area contributed by atoms with E-state index >= 15 is 0 Å². The minimum atomic E-state index is -4.25. The van der Waals surface area contributed by atoms with Crippen LogP contribution in [0.1, 0.15) is 59.1 Å². The Morgan fingerprint density at radius 1 is 1.32 bits per heavy atom. The molecule has 2 aromatic heterocycles. The monoisotopic (exact) mass is 436 g/mol. The molecule has 0 bridgehead atoms. The Hall–Kier alpha value is -3.01. The molecule has 1 aliphatic heterocycles. The van der Waals surface area contributed by atoms with Gasteiger partial charge in [-0.3, -0.25) is 14.6 Å². The summed E-state index contributed by atoms with van der Waals surface area (Å²) in [4.78, 5) is 34.7. The minimum Gasteiger partial charge on any atom is -0.384 e. The van der Waals surface area contributed by atoms with Crippen LogP contribution in [0.4, 0.5) is 19.0 Å². The number of carbonyl (C=O) groups is 2. The van der Waals surface area contributed by atoms with E-state index in [1.54, 1.807) is 30.9 Å². The number of fused-ring (bicyclic) bond motifs is 1. The number of aromatic nitrogens is 2. The van der Waals surface area contributed by atoms with Crippen LogP contribution in [-0.2, 0) is 17.8 Å². The lowest BCUT2D eigenvalue weighted by atomic mass is 10.0. The van der Waals surface area contributed by atoms with Crippen LogP contribution in [0.3, 0.4) is 0 Å². The highest BCUT2D eigenvalue weighted by molar-refractivity contribution is 6.02. The third-order valence-electron chi connectivity index (χ3n) is 5.30. The molecule has 10 heteroatoms. The van der Waals surface area contributed by atoms with Crippen LogP contribution in [0, 0.1) is 6.92 Å². The molecule has 0 aliphatic carbocycles. The number of nitrogens with one attached hydrogen (secondary N) is 1. The molecule has 0 fully saturated rings. The van der Waals surface area contributed by atoms with Crippen LogP contribution in [0.25, 0.3) is 0 Å². The fourth-order valence-corrected chi connectivity index (χ4v) is 3.45. The lowest BCUT2D eigenvalue weighted by Crippen LogP contribution is -2.28. The van der Waals surface area contributed by atoms with Gasteiger partial charge in [0.15, 0.2) is 0 Å². The normalized spacial score (nSPS) is 15.6. The maximum atomic E-state index is 12.9. The van der Waals surface area contributed by atoms with Gasteiger partial charge in [0, 0.05) is 35.6 Å². The summed E-state index contributed by atoms with van der Waals surface area (Å²) in [7, 11) is 0. The first-order chi connectivity index (χ1) is 14.5. The topological polar surface area (TPSA) is 95.4 Å². The van der Waals surface area contributed by atoms with E-state index in [4.69, 9.17) is 0 Å². The number of aliphatic hydroxyl groups is 1. The molecule has 2 N–H and O–H groups in total. The van der Waals surface area contributed by atoms with Crippen molar-refractivity contribution in [2.24, 2.45) is 0 Å². The first kappa shape index (κ1) is 22.7. The van der Waals surface area contributed by atoms with Crippen LogP contribution in [0.2, 0.25) is 0 Å². The summed E-state index contributed by atoms with van der Waals surface area (Å²) in [6.45, 7) is 5.01. The van der Waals surface area contributed by atoms with E-state index in [2.05, 4.69) is 15.3 Å². The summed E-state index contributed by atoms with van der Waals surface area (Å²) in [6.07, 6.45) is -3.71. The Kier molecular flexibility index (Phi) is 6.30. The second-order valence-electron chi connectivity index (χ2n) is 7.61. The van der Waals surface area contributed by atoms with Gasteiger partial charge in [0.05, 0.1) is 12.6 Å². The van der Waals surface area contributed by atoms with E-state index in [0.29, 0.717) is 27.9 Å². The summed E-state index contributed by atoms with van der Waals surface area (Å²) < 4.78 is 37.5. The molecule has 2 aromatic rings. The van der Waals surface area contributed by atoms with Crippen molar-refractivity contribution in [2.75, 3.05) is 5.32 Å². The molecular formula is C21H23F3N4O3. The molecule has 3 rings (SSSR count). The van der Waals surface area contributed by atoms with E-state index in [9.17, 15) is 27.9 Å². The Balaban J connectivity index is 1.80. The molecule has 2 atom stereocenters. The number of halogens is 3. The number of carbonyl (C=O) groups excluding carboxylic acids is 2. The SMILES string of the molecule is Cc1cc(C(C)N2Cc3c(ccnc3NC(=O)[C@@H](C)O)C2=O)cnc1CCC(F)(F)F. The van der Waals surface area contributed by atoms with Gasteiger partial charge < -0.3 is 15.3 Å². The predicted molar refractivity (Wildman–Crippen MR) is 106 cm³/mol. The van der Waals surface area contributed by atoms with Crippen LogP contribution in [-0.4, -0.2) is 44.1 Å². The number of amides is 2. The zero-order chi connectivity index (χ0) is 22.9. The molecule has 0 saturated heterocycles. The zero-order valence-corrected chi connectivity index (χ0v) is 17.3. The van der Waals surface area contributed by atoms with Crippen molar-refractivity contribution in [3.05, 3.63) is 52.5 Å². The number of hydrogen-bond donors (Lipinski definition) is 2. The number of nitrogens with zero attached hydrogens (tertiary/aromatic N) is 3. The first-order valence-electron chi connectivity index (χ1n) is 9.78. The number of anilines is 1. The lowest BCUT2D eigenvalue weighted by Gasteiger charge is -2.25. The van der Waals surface area contributed by atoms with E-state index in [-0.39, 0.29) is 24.7 Å². The molecule has 1 unspecified atom stereocenters. The summed E-state index contributed by atoms with van der Waals surface area (Å²) in [5, 5.41) is 11.9. The van der Waals surface area contributed by atoms with Crippen molar-refractivity contribution in [3.8, 4) is 0 Å². The quantitative estimate of drug-likeness (QED) is 0.725. The summed E-state index contributed by atoms with van der Waals surface area (Å²) in [5.41, 5.74) is 2.63. The molecule has 0 saturated carbocycles. The average Bonchev–Trinajstić information content (AvgIpc) is 3.03. The summed E-state index contributed by atoms with van der Waals surface area (Å²) >= 11 is 0.